The van der Waals surface area contributed by atoms with Gasteiger partial charge >= 0.3 is 0 Å². The average Bonchev–Trinajstić information content (AvgIpc) is 2.60. The zero-order valence-electron chi connectivity index (χ0n) is 8.96. The van der Waals surface area contributed by atoms with E-state index in [1.54, 1.807) is 12.1 Å². The normalized spacial score (nSPS) is 11.6. The molecule has 2 N–H and O–H groups in total. The number of nitrogens with zero attached hydrogens (tertiary/aromatic N) is 2. The topological polar surface area (TPSA) is 78.0 Å². The second-order valence-corrected chi connectivity index (χ2v) is 6.20. The van der Waals surface area contributed by atoms with Crippen molar-refractivity contribution in [3.05, 3.63) is 40.5 Å². The quantitative estimate of drug-likeness (QED) is 0.916. The first-order chi connectivity index (χ1) is 7.91. The Balaban J connectivity index is 2.53. The average molecular weight is 316 g/mol. The molecule has 5 nitrogen and oxygen atoms in total. The Morgan fingerprint density at radius 1 is 1.29 bits per heavy atom. The van der Waals surface area contributed by atoms with Crippen molar-refractivity contribution < 1.29 is 8.42 Å². The van der Waals surface area contributed by atoms with Crippen LogP contribution in [-0.4, -0.2) is 17.6 Å². The highest BCUT2D eigenvalue weighted by atomic mass is 79.9. The number of halogens is 1. The van der Waals surface area contributed by atoms with Crippen molar-refractivity contribution >= 4 is 31.8 Å². The van der Waals surface area contributed by atoms with E-state index < -0.39 is 10.0 Å². The van der Waals surface area contributed by atoms with Gasteiger partial charge in [0.1, 0.15) is 0 Å². The maximum atomic E-state index is 12.1. The van der Waals surface area contributed by atoms with Crippen LogP contribution in [-0.2, 0) is 10.0 Å². The number of aryl methyl sites for hydroxylation is 1. The summed E-state index contributed by atoms with van der Waals surface area (Å²) in [4.78, 5) is 0.179. The molecule has 1 aromatic heterocycles. The fourth-order valence-corrected chi connectivity index (χ4v) is 2.83. The maximum absolute atomic E-state index is 12.1. The molecule has 0 amide bonds. The van der Waals surface area contributed by atoms with Crippen LogP contribution in [0.2, 0.25) is 0 Å². The van der Waals surface area contributed by atoms with Crippen molar-refractivity contribution in [3.8, 4) is 0 Å². The number of nitrogens with two attached hydrogens (primary N) is 1. The van der Waals surface area contributed by atoms with Gasteiger partial charge in [-0.25, -0.2) is 0 Å². The molecule has 7 heteroatoms. The molecule has 2 rings (SSSR count). The fraction of sp³-hybridized carbons (Fsp3) is 0.100. The first-order valence-electron chi connectivity index (χ1n) is 4.74. The van der Waals surface area contributed by atoms with Crippen LogP contribution in [0.5, 0.6) is 0 Å². The standard InChI is InChI=1S/C10H10BrN3O2S/c1-7-2-4-8(5-3-7)17(15,16)14-6-9(11)10(12)13-14/h2-6H,1H3,(H2,12,13). The summed E-state index contributed by atoms with van der Waals surface area (Å²) in [5, 5.41) is 3.74. The molecule has 0 saturated carbocycles. The summed E-state index contributed by atoms with van der Waals surface area (Å²) in [5.41, 5.74) is 6.49. The Bertz CT molecular complexity index is 627. The number of hydrogen-bond acceptors (Lipinski definition) is 4. The summed E-state index contributed by atoms with van der Waals surface area (Å²) in [6, 6.07) is 6.54. The smallest absolute Gasteiger partial charge is 0.283 e. The maximum Gasteiger partial charge on any atom is 0.283 e. The van der Waals surface area contributed by atoms with E-state index in [1.165, 1.54) is 18.3 Å². The molecule has 0 bridgehead atoms. The van der Waals surface area contributed by atoms with Crippen LogP contribution < -0.4 is 5.73 Å². The Hall–Kier alpha value is -1.34. The van der Waals surface area contributed by atoms with Gasteiger partial charge in [-0.2, -0.15) is 12.5 Å². The van der Waals surface area contributed by atoms with Crippen molar-refractivity contribution in [2.24, 2.45) is 0 Å². The zero-order chi connectivity index (χ0) is 12.6. The number of rotatable bonds is 2. The van der Waals surface area contributed by atoms with Crippen LogP contribution >= 0.6 is 15.9 Å². The molecule has 0 unspecified atom stereocenters. The minimum absolute atomic E-state index is 0.140. The van der Waals surface area contributed by atoms with Gasteiger partial charge in [-0.05, 0) is 35.0 Å². The molecule has 0 aliphatic rings. The molecule has 90 valence electrons. The molecule has 0 aliphatic heterocycles. The largest absolute Gasteiger partial charge is 0.381 e. The second-order valence-electron chi connectivity index (χ2n) is 3.55. The van der Waals surface area contributed by atoms with E-state index in [2.05, 4.69) is 21.0 Å². The zero-order valence-corrected chi connectivity index (χ0v) is 11.4. The third-order valence-electron chi connectivity index (χ3n) is 2.24. The van der Waals surface area contributed by atoms with Gasteiger partial charge in [0, 0.05) is 0 Å². The summed E-state index contributed by atoms with van der Waals surface area (Å²) < 4.78 is 25.6. The van der Waals surface area contributed by atoms with Crippen LogP contribution in [0.25, 0.3) is 0 Å². The van der Waals surface area contributed by atoms with E-state index in [4.69, 9.17) is 5.73 Å². The van der Waals surface area contributed by atoms with Crippen LogP contribution in [0.1, 0.15) is 5.56 Å². The summed E-state index contributed by atoms with van der Waals surface area (Å²) in [6.07, 6.45) is 1.32. The van der Waals surface area contributed by atoms with E-state index in [0.29, 0.717) is 4.47 Å². The highest BCUT2D eigenvalue weighted by Gasteiger charge is 2.19. The van der Waals surface area contributed by atoms with E-state index in [9.17, 15) is 8.42 Å². The molecule has 2 aromatic rings. The third-order valence-corrected chi connectivity index (χ3v) is 4.40. The Morgan fingerprint density at radius 3 is 2.35 bits per heavy atom. The van der Waals surface area contributed by atoms with Crippen molar-refractivity contribution in [2.75, 3.05) is 5.73 Å². The van der Waals surface area contributed by atoms with E-state index in [0.717, 1.165) is 9.65 Å². The van der Waals surface area contributed by atoms with Crippen molar-refractivity contribution in [1.29, 1.82) is 0 Å². The first-order valence-corrected chi connectivity index (χ1v) is 6.97. The van der Waals surface area contributed by atoms with Crippen LogP contribution in [0.3, 0.4) is 0 Å². The highest BCUT2D eigenvalue weighted by molar-refractivity contribution is 9.10. The van der Waals surface area contributed by atoms with E-state index >= 15 is 0 Å². The van der Waals surface area contributed by atoms with E-state index in [1.807, 2.05) is 6.92 Å². The molecular weight excluding hydrogens is 306 g/mol. The lowest BCUT2D eigenvalue weighted by Gasteiger charge is -2.03. The lowest BCUT2D eigenvalue weighted by molar-refractivity contribution is 0.580. The minimum Gasteiger partial charge on any atom is -0.381 e. The predicted octanol–water partition coefficient (Wildman–Crippen LogP) is 1.77. The molecule has 0 fully saturated rings. The molecule has 0 spiro atoms. The molecule has 1 aromatic carbocycles. The lowest BCUT2D eigenvalue weighted by atomic mass is 10.2. The van der Waals surface area contributed by atoms with Crippen LogP contribution in [0.4, 0.5) is 5.82 Å². The molecule has 0 radical (unpaired) electrons. The number of aromatic nitrogens is 2. The van der Waals surface area contributed by atoms with Gasteiger partial charge in [0.2, 0.25) is 0 Å². The Morgan fingerprint density at radius 2 is 1.88 bits per heavy atom. The van der Waals surface area contributed by atoms with Gasteiger partial charge in [-0.1, -0.05) is 17.7 Å². The third kappa shape index (κ3) is 2.20. The van der Waals surface area contributed by atoms with E-state index in [-0.39, 0.29) is 10.7 Å². The number of nitrogen functional groups attached to an aromatic ring is 1. The number of anilines is 1. The number of benzene rings is 1. The van der Waals surface area contributed by atoms with Gasteiger partial charge in [0.25, 0.3) is 10.0 Å². The van der Waals surface area contributed by atoms with Crippen molar-refractivity contribution in [1.82, 2.24) is 9.19 Å². The minimum atomic E-state index is -3.66. The molecule has 0 aliphatic carbocycles. The second kappa shape index (κ2) is 4.15. The Kier molecular flexibility index (Phi) is 2.96. The SMILES string of the molecule is Cc1ccc(S(=O)(=O)n2cc(Br)c(N)n2)cc1. The summed E-state index contributed by atoms with van der Waals surface area (Å²) >= 11 is 3.12. The molecule has 0 saturated heterocycles. The summed E-state index contributed by atoms with van der Waals surface area (Å²) in [5.74, 6) is 0.140. The first kappa shape index (κ1) is 12.1. The fourth-order valence-electron chi connectivity index (χ4n) is 1.29. The van der Waals surface area contributed by atoms with Gasteiger partial charge in [0.05, 0.1) is 15.6 Å². The number of hydrogen-bond donors (Lipinski definition) is 1. The predicted molar refractivity (Wildman–Crippen MR) is 68.1 cm³/mol. The monoisotopic (exact) mass is 315 g/mol. The van der Waals surface area contributed by atoms with Crippen molar-refractivity contribution in [3.63, 3.8) is 0 Å². The van der Waals surface area contributed by atoms with Crippen LogP contribution in [0.15, 0.2) is 39.8 Å². The van der Waals surface area contributed by atoms with Gasteiger partial charge < -0.3 is 5.73 Å². The van der Waals surface area contributed by atoms with Crippen LogP contribution in [0, 0.1) is 6.92 Å². The highest BCUT2D eigenvalue weighted by Crippen LogP contribution is 2.20. The molecule has 1 heterocycles. The van der Waals surface area contributed by atoms with Crippen molar-refractivity contribution in [2.45, 2.75) is 11.8 Å². The molecular formula is C10H10BrN3O2S. The molecule has 0 atom stereocenters. The molecule has 17 heavy (non-hydrogen) atoms. The van der Waals surface area contributed by atoms with Gasteiger partial charge in [0.15, 0.2) is 5.82 Å². The summed E-state index contributed by atoms with van der Waals surface area (Å²) in [6.45, 7) is 1.89. The lowest BCUT2D eigenvalue weighted by Crippen LogP contribution is -2.13. The Labute approximate surface area is 107 Å². The van der Waals surface area contributed by atoms with Gasteiger partial charge in [-0.3, -0.25) is 0 Å². The van der Waals surface area contributed by atoms with Gasteiger partial charge in [-0.15, -0.1) is 5.10 Å². The summed E-state index contributed by atoms with van der Waals surface area (Å²) in [7, 11) is -3.66.